The van der Waals surface area contributed by atoms with Crippen molar-refractivity contribution in [2.45, 2.75) is 26.7 Å². The highest BCUT2D eigenvalue weighted by Gasteiger charge is 2.22. The summed E-state index contributed by atoms with van der Waals surface area (Å²) in [5.74, 6) is -0.557. The van der Waals surface area contributed by atoms with E-state index in [1.807, 2.05) is 49.4 Å². The van der Waals surface area contributed by atoms with Gasteiger partial charge in [0.05, 0.1) is 12.2 Å². The molecular formula is C23H23NO3S. The van der Waals surface area contributed by atoms with Crippen molar-refractivity contribution >= 4 is 28.2 Å². The molecule has 1 N–H and O–H groups in total. The molecule has 1 amide bonds. The predicted octanol–water partition coefficient (Wildman–Crippen LogP) is 5.64. The lowest BCUT2D eigenvalue weighted by atomic mass is 9.99. The minimum Gasteiger partial charge on any atom is -0.462 e. The van der Waals surface area contributed by atoms with Crippen LogP contribution in [0.25, 0.3) is 0 Å². The van der Waals surface area contributed by atoms with Crippen molar-refractivity contribution in [3.05, 3.63) is 87.8 Å². The van der Waals surface area contributed by atoms with Gasteiger partial charge in [-0.3, -0.25) is 4.79 Å². The standard InChI is InChI=1S/C23H23NO3S/c1-4-27-23(26)19-14-20(16(3)17-11-6-5-7-12-17)28-22(19)24-21(25)18-13-9-8-10-15(18)2/h5-14,16H,4H2,1-3H3,(H,24,25)/t16-/m1/s1. The van der Waals surface area contributed by atoms with Gasteiger partial charge in [-0.25, -0.2) is 4.79 Å². The molecule has 28 heavy (non-hydrogen) atoms. The maximum Gasteiger partial charge on any atom is 0.341 e. The molecule has 0 aliphatic heterocycles. The summed E-state index contributed by atoms with van der Waals surface area (Å²) in [4.78, 5) is 26.2. The Morgan fingerprint density at radius 3 is 2.39 bits per heavy atom. The molecule has 0 unspecified atom stereocenters. The molecule has 0 radical (unpaired) electrons. The number of esters is 1. The monoisotopic (exact) mass is 393 g/mol. The van der Waals surface area contributed by atoms with Crippen molar-refractivity contribution in [3.8, 4) is 0 Å². The van der Waals surface area contributed by atoms with Crippen LogP contribution >= 0.6 is 11.3 Å². The van der Waals surface area contributed by atoms with Crippen molar-refractivity contribution in [3.63, 3.8) is 0 Å². The van der Waals surface area contributed by atoms with Gasteiger partial charge in [-0.1, -0.05) is 55.5 Å². The van der Waals surface area contributed by atoms with Gasteiger partial charge in [-0.2, -0.15) is 0 Å². The molecule has 0 aliphatic carbocycles. The van der Waals surface area contributed by atoms with E-state index in [1.165, 1.54) is 11.3 Å². The first kappa shape index (κ1) is 19.8. The third kappa shape index (κ3) is 4.31. The Balaban J connectivity index is 1.94. The molecule has 3 aromatic rings. The number of thiophene rings is 1. The van der Waals surface area contributed by atoms with Crippen LogP contribution in [0, 0.1) is 6.92 Å². The van der Waals surface area contributed by atoms with Crippen LogP contribution in [-0.4, -0.2) is 18.5 Å². The first-order valence-corrected chi connectivity index (χ1v) is 10.1. The van der Waals surface area contributed by atoms with E-state index in [9.17, 15) is 9.59 Å². The molecule has 4 nitrogen and oxygen atoms in total. The third-order valence-corrected chi connectivity index (χ3v) is 5.82. The summed E-state index contributed by atoms with van der Waals surface area (Å²) >= 11 is 1.41. The average Bonchev–Trinajstić information content (AvgIpc) is 3.12. The number of hydrogen-bond donors (Lipinski definition) is 1. The van der Waals surface area contributed by atoms with Gasteiger partial charge in [0.2, 0.25) is 0 Å². The smallest absolute Gasteiger partial charge is 0.341 e. The average molecular weight is 394 g/mol. The summed E-state index contributed by atoms with van der Waals surface area (Å²) in [6, 6.07) is 19.3. The highest BCUT2D eigenvalue weighted by Crippen LogP contribution is 2.36. The molecular weight excluding hydrogens is 370 g/mol. The third-order valence-electron chi connectivity index (χ3n) is 4.59. The highest BCUT2D eigenvalue weighted by atomic mass is 32.1. The number of ether oxygens (including phenoxy) is 1. The van der Waals surface area contributed by atoms with Gasteiger partial charge in [0, 0.05) is 16.4 Å². The number of aryl methyl sites for hydroxylation is 1. The molecule has 2 aromatic carbocycles. The van der Waals surface area contributed by atoms with Gasteiger partial charge in [0.1, 0.15) is 5.00 Å². The summed E-state index contributed by atoms with van der Waals surface area (Å²) in [6.07, 6.45) is 0. The minimum absolute atomic E-state index is 0.100. The number of carbonyl (C=O) groups is 2. The molecule has 5 heteroatoms. The number of nitrogens with one attached hydrogen (secondary N) is 1. The molecule has 0 aliphatic rings. The second-order valence-electron chi connectivity index (χ2n) is 6.51. The predicted molar refractivity (Wildman–Crippen MR) is 113 cm³/mol. The van der Waals surface area contributed by atoms with Crippen molar-refractivity contribution < 1.29 is 14.3 Å². The Labute approximate surface area is 169 Å². The lowest BCUT2D eigenvalue weighted by molar-refractivity contribution is 0.0528. The molecule has 0 bridgehead atoms. The lowest BCUT2D eigenvalue weighted by Gasteiger charge is -2.09. The molecule has 144 valence electrons. The Kier molecular flexibility index (Phi) is 6.26. The zero-order valence-electron chi connectivity index (χ0n) is 16.2. The number of benzene rings is 2. The number of rotatable bonds is 6. The van der Waals surface area contributed by atoms with Crippen LogP contribution in [-0.2, 0) is 4.74 Å². The zero-order chi connectivity index (χ0) is 20.1. The summed E-state index contributed by atoms with van der Waals surface area (Å²) in [7, 11) is 0. The van der Waals surface area contributed by atoms with Crippen LogP contribution in [0.2, 0.25) is 0 Å². The number of hydrogen-bond acceptors (Lipinski definition) is 4. The summed E-state index contributed by atoms with van der Waals surface area (Å²) in [5, 5.41) is 3.43. The Hall–Kier alpha value is -2.92. The first-order chi connectivity index (χ1) is 13.5. The summed E-state index contributed by atoms with van der Waals surface area (Å²) in [5.41, 5.74) is 3.01. The van der Waals surface area contributed by atoms with Gasteiger partial charge in [0.25, 0.3) is 5.91 Å². The first-order valence-electron chi connectivity index (χ1n) is 9.24. The van der Waals surface area contributed by atoms with Crippen LogP contribution in [0.15, 0.2) is 60.7 Å². The fourth-order valence-electron chi connectivity index (χ4n) is 2.98. The molecule has 1 heterocycles. The van der Waals surface area contributed by atoms with E-state index >= 15 is 0 Å². The fraction of sp³-hybridized carbons (Fsp3) is 0.217. The minimum atomic E-state index is -0.426. The quantitative estimate of drug-likeness (QED) is 0.552. The Morgan fingerprint density at radius 1 is 1.04 bits per heavy atom. The van der Waals surface area contributed by atoms with Gasteiger partial charge in [-0.15, -0.1) is 11.3 Å². The number of amides is 1. The molecule has 1 aromatic heterocycles. The Morgan fingerprint density at radius 2 is 1.71 bits per heavy atom. The summed E-state index contributed by atoms with van der Waals surface area (Å²) < 4.78 is 5.19. The Bertz CT molecular complexity index is 979. The fourth-order valence-corrected chi connectivity index (χ4v) is 4.10. The second-order valence-corrected chi connectivity index (χ2v) is 7.60. The zero-order valence-corrected chi connectivity index (χ0v) is 17.0. The van der Waals surface area contributed by atoms with E-state index in [2.05, 4.69) is 24.4 Å². The van der Waals surface area contributed by atoms with Gasteiger partial charge >= 0.3 is 5.97 Å². The molecule has 0 fully saturated rings. The maximum atomic E-state index is 12.8. The van der Waals surface area contributed by atoms with E-state index in [1.54, 1.807) is 13.0 Å². The molecule has 0 saturated heterocycles. The summed E-state index contributed by atoms with van der Waals surface area (Å²) in [6.45, 7) is 6.02. The van der Waals surface area contributed by atoms with Crippen LogP contribution in [0.5, 0.6) is 0 Å². The number of carbonyl (C=O) groups excluding carboxylic acids is 2. The SMILES string of the molecule is CCOC(=O)c1cc([C@H](C)c2ccccc2)sc1NC(=O)c1ccccc1C. The lowest BCUT2D eigenvalue weighted by Crippen LogP contribution is -2.15. The van der Waals surface area contributed by atoms with E-state index in [4.69, 9.17) is 4.74 Å². The van der Waals surface area contributed by atoms with Gasteiger partial charge < -0.3 is 10.1 Å². The van der Waals surface area contributed by atoms with Crippen LogP contribution in [0.4, 0.5) is 5.00 Å². The molecule has 0 spiro atoms. The van der Waals surface area contributed by atoms with Gasteiger partial charge in [-0.05, 0) is 37.1 Å². The van der Waals surface area contributed by atoms with Gasteiger partial charge in [0.15, 0.2) is 0 Å². The molecule has 0 saturated carbocycles. The number of anilines is 1. The van der Waals surface area contributed by atoms with E-state index in [-0.39, 0.29) is 18.4 Å². The van der Waals surface area contributed by atoms with E-state index in [0.717, 1.165) is 16.0 Å². The van der Waals surface area contributed by atoms with Crippen molar-refractivity contribution in [1.82, 2.24) is 0 Å². The van der Waals surface area contributed by atoms with E-state index < -0.39 is 5.97 Å². The molecule has 3 rings (SSSR count). The maximum absolute atomic E-state index is 12.8. The largest absolute Gasteiger partial charge is 0.462 e. The van der Waals surface area contributed by atoms with Crippen LogP contribution in [0.3, 0.4) is 0 Å². The van der Waals surface area contributed by atoms with Crippen LogP contribution < -0.4 is 5.32 Å². The molecule has 1 atom stereocenters. The van der Waals surface area contributed by atoms with Crippen LogP contribution in [0.1, 0.15) is 56.5 Å². The highest BCUT2D eigenvalue weighted by molar-refractivity contribution is 7.16. The van der Waals surface area contributed by atoms with E-state index in [0.29, 0.717) is 16.1 Å². The van der Waals surface area contributed by atoms with Crippen molar-refractivity contribution in [2.75, 3.05) is 11.9 Å². The van der Waals surface area contributed by atoms with Crippen molar-refractivity contribution in [1.29, 1.82) is 0 Å². The second kappa shape index (κ2) is 8.85. The topological polar surface area (TPSA) is 55.4 Å². The van der Waals surface area contributed by atoms with Crippen molar-refractivity contribution in [2.24, 2.45) is 0 Å². The normalized spacial score (nSPS) is 11.7.